The Morgan fingerprint density at radius 3 is 2.88 bits per heavy atom. The Bertz CT molecular complexity index is 375. The van der Waals surface area contributed by atoms with Crippen molar-refractivity contribution in [3.05, 3.63) is 28.2 Å². The van der Waals surface area contributed by atoms with Gasteiger partial charge in [0.05, 0.1) is 12.7 Å². The molecule has 94 valence electrons. The van der Waals surface area contributed by atoms with Gasteiger partial charge >= 0.3 is 0 Å². The van der Waals surface area contributed by atoms with Crippen molar-refractivity contribution in [1.29, 1.82) is 0 Å². The average Bonchev–Trinajstić information content (AvgIpc) is 3.08. The first-order chi connectivity index (χ1) is 8.16. The summed E-state index contributed by atoms with van der Waals surface area (Å²) in [4.78, 5) is 0. The molecule has 1 atom stereocenters. The number of hydrogen-bond donors (Lipinski definition) is 1. The molecular weight excluding hydrogens is 284 g/mol. The Balaban J connectivity index is 1.89. The van der Waals surface area contributed by atoms with E-state index in [9.17, 15) is 5.11 Å². The first-order valence-corrected chi connectivity index (χ1v) is 6.64. The molecule has 0 unspecified atom stereocenters. The van der Waals surface area contributed by atoms with Gasteiger partial charge < -0.3 is 14.6 Å². The fraction of sp³-hybridized carbons (Fsp3) is 0.538. The molecule has 1 aliphatic carbocycles. The zero-order chi connectivity index (χ0) is 12.3. The zero-order valence-electron chi connectivity index (χ0n) is 9.86. The minimum Gasteiger partial charge on any atom is -0.467 e. The monoisotopic (exact) mass is 300 g/mol. The van der Waals surface area contributed by atoms with Crippen LogP contribution in [0.2, 0.25) is 0 Å². The van der Waals surface area contributed by atoms with Gasteiger partial charge in [-0.2, -0.15) is 0 Å². The average molecular weight is 301 g/mol. The number of halogens is 1. The highest BCUT2D eigenvalue weighted by Crippen LogP contribution is 2.30. The van der Waals surface area contributed by atoms with Gasteiger partial charge in [-0.25, -0.2) is 0 Å². The number of benzene rings is 1. The van der Waals surface area contributed by atoms with Crippen molar-refractivity contribution in [2.75, 3.05) is 13.4 Å². The van der Waals surface area contributed by atoms with E-state index >= 15 is 0 Å². The molecule has 1 N–H and O–H groups in total. The smallest absolute Gasteiger partial charge is 0.189 e. The Kier molecular flexibility index (Phi) is 4.42. The molecule has 17 heavy (non-hydrogen) atoms. The minimum absolute atomic E-state index is 0.243. The highest BCUT2D eigenvalue weighted by molar-refractivity contribution is 9.10. The van der Waals surface area contributed by atoms with Crippen LogP contribution in [0, 0.1) is 5.92 Å². The van der Waals surface area contributed by atoms with E-state index in [2.05, 4.69) is 15.9 Å². The molecule has 2 rings (SSSR count). The summed E-state index contributed by atoms with van der Waals surface area (Å²) in [6.45, 7) is 2.74. The van der Waals surface area contributed by atoms with Gasteiger partial charge in [-0.15, -0.1) is 0 Å². The topological polar surface area (TPSA) is 38.7 Å². The number of rotatable bonds is 6. The maximum atomic E-state index is 9.61. The fourth-order valence-corrected chi connectivity index (χ4v) is 1.92. The molecule has 0 radical (unpaired) electrons. The number of ether oxygens (including phenoxy) is 2. The maximum absolute atomic E-state index is 9.61. The van der Waals surface area contributed by atoms with Gasteiger partial charge in [-0.05, 0) is 37.8 Å². The highest BCUT2D eigenvalue weighted by atomic mass is 79.9. The molecule has 0 heterocycles. The Labute approximate surface area is 110 Å². The van der Waals surface area contributed by atoms with Crippen LogP contribution in [0.3, 0.4) is 0 Å². The molecule has 4 heteroatoms. The third-order valence-corrected chi connectivity index (χ3v) is 3.27. The predicted octanol–water partition coefficient (Wildman–Crippen LogP) is 3.27. The van der Waals surface area contributed by atoms with Crippen LogP contribution in [-0.2, 0) is 4.74 Å². The van der Waals surface area contributed by atoms with E-state index in [1.54, 1.807) is 6.92 Å². The molecular formula is C13H17BrO3. The van der Waals surface area contributed by atoms with E-state index in [0.717, 1.165) is 22.6 Å². The van der Waals surface area contributed by atoms with Gasteiger partial charge in [-0.3, -0.25) is 0 Å². The SMILES string of the molecule is C[C@@H](O)c1ccc(Br)cc1OCOCC1CC1. The summed E-state index contributed by atoms with van der Waals surface area (Å²) < 4.78 is 11.9. The van der Waals surface area contributed by atoms with Crippen LogP contribution >= 0.6 is 15.9 Å². The second-order valence-electron chi connectivity index (χ2n) is 4.43. The maximum Gasteiger partial charge on any atom is 0.189 e. The highest BCUT2D eigenvalue weighted by Gasteiger charge is 2.21. The fourth-order valence-electron chi connectivity index (χ4n) is 1.58. The number of aliphatic hydroxyl groups is 1. The van der Waals surface area contributed by atoms with Gasteiger partial charge in [-0.1, -0.05) is 22.0 Å². The van der Waals surface area contributed by atoms with Crippen LogP contribution < -0.4 is 4.74 Å². The van der Waals surface area contributed by atoms with Crippen molar-refractivity contribution in [2.45, 2.75) is 25.9 Å². The van der Waals surface area contributed by atoms with E-state index in [0.29, 0.717) is 5.75 Å². The quantitative estimate of drug-likeness (QED) is 0.647. The summed E-state index contributed by atoms with van der Waals surface area (Å²) in [6.07, 6.45) is 2.01. The van der Waals surface area contributed by atoms with Gasteiger partial charge in [0.1, 0.15) is 5.75 Å². The van der Waals surface area contributed by atoms with Crippen molar-refractivity contribution >= 4 is 15.9 Å². The molecule has 0 saturated heterocycles. The van der Waals surface area contributed by atoms with Crippen LogP contribution in [0.5, 0.6) is 5.75 Å². The molecule has 0 aromatic heterocycles. The van der Waals surface area contributed by atoms with Crippen LogP contribution in [-0.4, -0.2) is 18.5 Å². The summed E-state index contributed by atoms with van der Waals surface area (Å²) in [6, 6.07) is 5.59. The second kappa shape index (κ2) is 5.85. The first kappa shape index (κ1) is 12.9. The Hall–Kier alpha value is -0.580. The zero-order valence-corrected chi connectivity index (χ0v) is 11.4. The summed E-state index contributed by atoms with van der Waals surface area (Å²) in [7, 11) is 0. The summed E-state index contributed by atoms with van der Waals surface area (Å²) in [5.41, 5.74) is 0.781. The first-order valence-electron chi connectivity index (χ1n) is 5.85. The van der Waals surface area contributed by atoms with Crippen LogP contribution in [0.1, 0.15) is 31.4 Å². The van der Waals surface area contributed by atoms with E-state index in [1.807, 2.05) is 18.2 Å². The molecule has 1 saturated carbocycles. The van der Waals surface area contributed by atoms with Crippen molar-refractivity contribution in [2.24, 2.45) is 5.92 Å². The summed E-state index contributed by atoms with van der Waals surface area (Å²) in [5.74, 6) is 1.41. The van der Waals surface area contributed by atoms with Gasteiger partial charge in [0.15, 0.2) is 6.79 Å². The van der Waals surface area contributed by atoms with Crippen molar-refractivity contribution in [3.63, 3.8) is 0 Å². The molecule has 0 amide bonds. The lowest BCUT2D eigenvalue weighted by molar-refractivity contribution is 0.00828. The van der Waals surface area contributed by atoms with Gasteiger partial charge in [0, 0.05) is 10.0 Å². The molecule has 0 bridgehead atoms. The van der Waals surface area contributed by atoms with Crippen LogP contribution in [0.15, 0.2) is 22.7 Å². The Morgan fingerprint density at radius 2 is 2.24 bits per heavy atom. The second-order valence-corrected chi connectivity index (χ2v) is 5.35. The molecule has 1 aromatic carbocycles. The van der Waals surface area contributed by atoms with Crippen molar-refractivity contribution in [1.82, 2.24) is 0 Å². The lowest BCUT2D eigenvalue weighted by Gasteiger charge is -2.13. The van der Waals surface area contributed by atoms with Gasteiger partial charge in [0.25, 0.3) is 0 Å². The summed E-state index contributed by atoms with van der Waals surface area (Å²) in [5, 5.41) is 9.61. The molecule has 1 fully saturated rings. The normalized spacial score (nSPS) is 16.9. The van der Waals surface area contributed by atoms with Gasteiger partial charge in [0.2, 0.25) is 0 Å². The third kappa shape index (κ3) is 3.98. The van der Waals surface area contributed by atoms with E-state index in [1.165, 1.54) is 12.8 Å². The molecule has 1 aliphatic rings. The standard InChI is InChI=1S/C13H17BrO3/c1-9(15)12-5-4-11(14)6-13(12)17-8-16-7-10-2-3-10/h4-6,9-10,15H,2-3,7-8H2,1H3/t9-/m1/s1. The third-order valence-electron chi connectivity index (χ3n) is 2.77. The Morgan fingerprint density at radius 1 is 1.47 bits per heavy atom. The largest absolute Gasteiger partial charge is 0.467 e. The number of aliphatic hydroxyl groups excluding tert-OH is 1. The molecule has 0 spiro atoms. The number of hydrogen-bond acceptors (Lipinski definition) is 3. The molecule has 1 aromatic rings. The van der Waals surface area contributed by atoms with E-state index < -0.39 is 6.10 Å². The van der Waals surface area contributed by atoms with Crippen molar-refractivity contribution < 1.29 is 14.6 Å². The lowest BCUT2D eigenvalue weighted by atomic mass is 10.1. The predicted molar refractivity (Wildman–Crippen MR) is 68.9 cm³/mol. The lowest BCUT2D eigenvalue weighted by Crippen LogP contribution is -2.07. The van der Waals surface area contributed by atoms with Crippen LogP contribution in [0.25, 0.3) is 0 Å². The van der Waals surface area contributed by atoms with E-state index in [4.69, 9.17) is 9.47 Å². The minimum atomic E-state index is -0.540. The van der Waals surface area contributed by atoms with Crippen LogP contribution in [0.4, 0.5) is 0 Å². The summed E-state index contributed by atoms with van der Waals surface area (Å²) >= 11 is 3.39. The van der Waals surface area contributed by atoms with E-state index in [-0.39, 0.29) is 6.79 Å². The van der Waals surface area contributed by atoms with Crippen molar-refractivity contribution in [3.8, 4) is 5.75 Å². The molecule has 0 aliphatic heterocycles. The molecule has 3 nitrogen and oxygen atoms in total.